The third kappa shape index (κ3) is 4.84. The Balaban J connectivity index is 2.69. The SMILES string of the molecule is CCCC(Cl)CNS(=O)(=O)c1cccc(Cl)c1. The van der Waals surface area contributed by atoms with Gasteiger partial charge in [0.25, 0.3) is 0 Å². The lowest BCUT2D eigenvalue weighted by Gasteiger charge is -2.10. The van der Waals surface area contributed by atoms with Gasteiger partial charge < -0.3 is 0 Å². The van der Waals surface area contributed by atoms with Crippen molar-refractivity contribution < 1.29 is 8.42 Å². The smallest absolute Gasteiger partial charge is 0.210 e. The summed E-state index contributed by atoms with van der Waals surface area (Å²) < 4.78 is 26.2. The molecule has 1 aromatic rings. The standard InChI is InChI=1S/C11H15Cl2NO2S/c1-2-4-10(13)8-14-17(15,16)11-6-3-5-9(12)7-11/h3,5-7,10,14H,2,4,8H2,1H3. The zero-order valence-corrected chi connectivity index (χ0v) is 11.8. The van der Waals surface area contributed by atoms with Gasteiger partial charge in [-0.05, 0) is 24.6 Å². The lowest BCUT2D eigenvalue weighted by Crippen LogP contribution is -2.29. The Morgan fingerprint density at radius 3 is 2.71 bits per heavy atom. The highest BCUT2D eigenvalue weighted by Gasteiger charge is 2.15. The van der Waals surface area contributed by atoms with E-state index in [9.17, 15) is 8.42 Å². The zero-order chi connectivity index (χ0) is 12.9. The van der Waals surface area contributed by atoms with Crippen molar-refractivity contribution in [2.75, 3.05) is 6.54 Å². The molecule has 0 radical (unpaired) electrons. The molecular formula is C11H15Cl2NO2S. The fourth-order valence-corrected chi connectivity index (χ4v) is 3.10. The Labute approximate surface area is 112 Å². The maximum atomic E-state index is 11.9. The van der Waals surface area contributed by atoms with Crippen LogP contribution in [0.25, 0.3) is 0 Å². The first kappa shape index (κ1) is 14.8. The first-order chi connectivity index (χ1) is 7.95. The zero-order valence-electron chi connectivity index (χ0n) is 9.49. The van der Waals surface area contributed by atoms with E-state index >= 15 is 0 Å². The van der Waals surface area contributed by atoms with Crippen molar-refractivity contribution >= 4 is 33.2 Å². The van der Waals surface area contributed by atoms with Gasteiger partial charge in [0.15, 0.2) is 0 Å². The molecule has 1 atom stereocenters. The van der Waals surface area contributed by atoms with Gasteiger partial charge in [-0.3, -0.25) is 0 Å². The largest absolute Gasteiger partial charge is 0.240 e. The van der Waals surface area contributed by atoms with E-state index in [0.717, 1.165) is 12.8 Å². The minimum absolute atomic E-state index is 0.158. The molecule has 1 rings (SSSR count). The van der Waals surface area contributed by atoms with Gasteiger partial charge in [-0.25, -0.2) is 13.1 Å². The van der Waals surface area contributed by atoms with Crippen LogP contribution in [0.2, 0.25) is 5.02 Å². The van der Waals surface area contributed by atoms with E-state index in [2.05, 4.69) is 4.72 Å². The van der Waals surface area contributed by atoms with E-state index < -0.39 is 10.0 Å². The predicted octanol–water partition coefficient (Wildman–Crippen LogP) is 3.03. The number of alkyl halides is 1. The van der Waals surface area contributed by atoms with Gasteiger partial charge in [0.05, 0.1) is 4.90 Å². The van der Waals surface area contributed by atoms with E-state index in [4.69, 9.17) is 23.2 Å². The molecular weight excluding hydrogens is 281 g/mol. The molecule has 0 saturated heterocycles. The maximum Gasteiger partial charge on any atom is 0.240 e. The number of hydrogen-bond acceptors (Lipinski definition) is 2. The summed E-state index contributed by atoms with van der Waals surface area (Å²) in [5.41, 5.74) is 0. The molecule has 0 bridgehead atoms. The molecule has 0 fully saturated rings. The monoisotopic (exact) mass is 295 g/mol. The summed E-state index contributed by atoms with van der Waals surface area (Å²) in [5, 5.41) is 0.206. The second-order valence-electron chi connectivity index (χ2n) is 3.70. The number of halogens is 2. The van der Waals surface area contributed by atoms with Crippen LogP contribution in [0.5, 0.6) is 0 Å². The number of benzene rings is 1. The molecule has 0 aliphatic heterocycles. The van der Waals surface area contributed by atoms with Crippen LogP contribution in [-0.4, -0.2) is 20.3 Å². The average Bonchev–Trinajstić information content (AvgIpc) is 2.27. The van der Waals surface area contributed by atoms with Crippen LogP contribution >= 0.6 is 23.2 Å². The molecule has 1 N–H and O–H groups in total. The first-order valence-corrected chi connectivity index (χ1v) is 7.64. The van der Waals surface area contributed by atoms with Crippen molar-refractivity contribution in [2.45, 2.75) is 30.0 Å². The highest BCUT2D eigenvalue weighted by molar-refractivity contribution is 7.89. The van der Waals surface area contributed by atoms with Gasteiger partial charge in [-0.15, -0.1) is 11.6 Å². The van der Waals surface area contributed by atoms with Crippen LogP contribution in [0.1, 0.15) is 19.8 Å². The molecule has 6 heteroatoms. The van der Waals surface area contributed by atoms with Crippen molar-refractivity contribution in [2.24, 2.45) is 0 Å². The number of sulfonamides is 1. The summed E-state index contributed by atoms with van der Waals surface area (Å²) in [7, 11) is -3.52. The van der Waals surface area contributed by atoms with E-state index in [1.165, 1.54) is 12.1 Å². The van der Waals surface area contributed by atoms with Crippen LogP contribution < -0.4 is 4.72 Å². The predicted molar refractivity (Wildman–Crippen MR) is 71.2 cm³/mol. The number of nitrogens with one attached hydrogen (secondary N) is 1. The van der Waals surface area contributed by atoms with Crippen LogP contribution in [0, 0.1) is 0 Å². The minimum Gasteiger partial charge on any atom is -0.210 e. The molecule has 0 aromatic heterocycles. The first-order valence-electron chi connectivity index (χ1n) is 5.35. The van der Waals surface area contributed by atoms with E-state index in [-0.39, 0.29) is 16.8 Å². The van der Waals surface area contributed by atoms with Crippen LogP contribution in [0.3, 0.4) is 0 Å². The summed E-state index contributed by atoms with van der Waals surface area (Å²) in [4.78, 5) is 0.158. The Kier molecular flexibility index (Phi) is 5.73. The highest BCUT2D eigenvalue weighted by Crippen LogP contribution is 2.15. The molecule has 0 amide bonds. The van der Waals surface area contributed by atoms with Crippen molar-refractivity contribution in [1.29, 1.82) is 0 Å². The fourth-order valence-electron chi connectivity index (χ4n) is 1.33. The van der Waals surface area contributed by atoms with Gasteiger partial charge in [0.2, 0.25) is 10.0 Å². The van der Waals surface area contributed by atoms with Crippen molar-refractivity contribution in [3.63, 3.8) is 0 Å². The number of rotatable bonds is 6. The summed E-state index contributed by atoms with van der Waals surface area (Å²) in [6.07, 6.45) is 1.70. The van der Waals surface area contributed by atoms with E-state index in [1.807, 2.05) is 6.92 Å². The lowest BCUT2D eigenvalue weighted by molar-refractivity contribution is 0.577. The van der Waals surface area contributed by atoms with Crippen molar-refractivity contribution in [3.05, 3.63) is 29.3 Å². The quantitative estimate of drug-likeness (QED) is 0.820. The molecule has 0 heterocycles. The van der Waals surface area contributed by atoms with Crippen LogP contribution in [-0.2, 0) is 10.0 Å². The minimum atomic E-state index is -3.52. The molecule has 3 nitrogen and oxygen atoms in total. The summed E-state index contributed by atoms with van der Waals surface area (Å²) in [6, 6.07) is 6.13. The summed E-state index contributed by atoms with van der Waals surface area (Å²) in [5.74, 6) is 0. The highest BCUT2D eigenvalue weighted by atomic mass is 35.5. The summed E-state index contributed by atoms with van der Waals surface area (Å²) in [6.45, 7) is 2.23. The van der Waals surface area contributed by atoms with E-state index in [1.54, 1.807) is 12.1 Å². The molecule has 96 valence electrons. The van der Waals surface area contributed by atoms with Crippen molar-refractivity contribution in [3.8, 4) is 0 Å². The Bertz CT molecular complexity index is 462. The molecule has 17 heavy (non-hydrogen) atoms. The molecule has 0 saturated carbocycles. The molecule has 0 aliphatic rings. The van der Waals surface area contributed by atoms with Crippen molar-refractivity contribution in [1.82, 2.24) is 4.72 Å². The Morgan fingerprint density at radius 1 is 1.41 bits per heavy atom. The van der Waals surface area contributed by atoms with Gasteiger partial charge >= 0.3 is 0 Å². The molecule has 1 aromatic carbocycles. The van der Waals surface area contributed by atoms with Gasteiger partial charge in [0, 0.05) is 16.9 Å². The Morgan fingerprint density at radius 2 is 2.12 bits per heavy atom. The average molecular weight is 296 g/mol. The van der Waals surface area contributed by atoms with Crippen LogP contribution in [0.4, 0.5) is 0 Å². The molecule has 0 aliphatic carbocycles. The second kappa shape index (κ2) is 6.59. The Hall–Kier alpha value is -0.290. The molecule has 0 spiro atoms. The van der Waals surface area contributed by atoms with Gasteiger partial charge in [-0.2, -0.15) is 0 Å². The normalized spacial score (nSPS) is 13.6. The lowest BCUT2D eigenvalue weighted by atomic mass is 10.2. The third-order valence-electron chi connectivity index (χ3n) is 2.20. The topological polar surface area (TPSA) is 46.2 Å². The van der Waals surface area contributed by atoms with Gasteiger partial charge in [-0.1, -0.05) is 31.0 Å². The fraction of sp³-hybridized carbons (Fsp3) is 0.455. The summed E-state index contributed by atoms with van der Waals surface area (Å²) >= 11 is 11.7. The maximum absolute atomic E-state index is 11.9. The van der Waals surface area contributed by atoms with E-state index in [0.29, 0.717) is 5.02 Å². The molecule has 1 unspecified atom stereocenters. The van der Waals surface area contributed by atoms with Crippen LogP contribution in [0.15, 0.2) is 29.2 Å². The number of hydrogen-bond donors (Lipinski definition) is 1. The van der Waals surface area contributed by atoms with Gasteiger partial charge in [0.1, 0.15) is 0 Å². The second-order valence-corrected chi connectivity index (χ2v) is 6.52. The third-order valence-corrected chi connectivity index (χ3v) is 4.23.